The second-order valence-corrected chi connectivity index (χ2v) is 6.19. The average Bonchev–Trinajstić information content (AvgIpc) is 2.34. The molecule has 0 atom stereocenters. The number of rotatable bonds is 2. The first kappa shape index (κ1) is 13.8. The monoisotopic (exact) mass is 431 g/mol. The third-order valence-electron chi connectivity index (χ3n) is 2.29. The summed E-state index contributed by atoms with van der Waals surface area (Å²) in [7, 11) is 0. The SMILES string of the molecule is O=C(Nc1c(Br)cccc1Br)c1cccc(Br)c1. The Morgan fingerprint density at radius 3 is 2.17 bits per heavy atom. The van der Waals surface area contributed by atoms with E-state index in [0.29, 0.717) is 5.56 Å². The molecule has 0 aliphatic heterocycles. The number of amides is 1. The minimum absolute atomic E-state index is 0.149. The molecule has 2 rings (SSSR count). The minimum atomic E-state index is -0.149. The number of anilines is 1. The summed E-state index contributed by atoms with van der Waals surface area (Å²) in [4.78, 5) is 12.1. The standard InChI is InChI=1S/C13H8Br3NO/c14-9-4-1-3-8(7-9)13(18)17-12-10(15)5-2-6-11(12)16/h1-7H,(H,17,18). The Bertz CT molecular complexity index is 578. The van der Waals surface area contributed by atoms with Crippen LogP contribution in [0, 0.1) is 0 Å². The van der Waals surface area contributed by atoms with E-state index in [9.17, 15) is 4.79 Å². The van der Waals surface area contributed by atoms with Crippen molar-refractivity contribution in [3.63, 3.8) is 0 Å². The summed E-state index contributed by atoms with van der Waals surface area (Å²) >= 11 is 10.2. The molecular formula is C13H8Br3NO. The molecule has 18 heavy (non-hydrogen) atoms. The largest absolute Gasteiger partial charge is 0.320 e. The lowest BCUT2D eigenvalue weighted by atomic mass is 10.2. The molecular weight excluding hydrogens is 426 g/mol. The summed E-state index contributed by atoms with van der Waals surface area (Å²) in [6.45, 7) is 0. The van der Waals surface area contributed by atoms with Gasteiger partial charge in [0.2, 0.25) is 0 Å². The summed E-state index contributed by atoms with van der Waals surface area (Å²) < 4.78 is 2.54. The van der Waals surface area contributed by atoms with Crippen LogP contribution >= 0.6 is 47.8 Å². The summed E-state index contributed by atoms with van der Waals surface area (Å²) in [6, 6.07) is 12.9. The number of hydrogen-bond acceptors (Lipinski definition) is 1. The molecule has 92 valence electrons. The number of benzene rings is 2. The van der Waals surface area contributed by atoms with Crippen LogP contribution in [-0.4, -0.2) is 5.91 Å². The average molecular weight is 434 g/mol. The van der Waals surface area contributed by atoms with E-state index in [1.54, 1.807) is 12.1 Å². The van der Waals surface area contributed by atoms with Crippen molar-refractivity contribution in [1.82, 2.24) is 0 Å². The van der Waals surface area contributed by atoms with Crippen LogP contribution in [0.5, 0.6) is 0 Å². The van der Waals surface area contributed by atoms with Crippen molar-refractivity contribution in [1.29, 1.82) is 0 Å². The maximum Gasteiger partial charge on any atom is 0.255 e. The third-order valence-corrected chi connectivity index (χ3v) is 4.10. The van der Waals surface area contributed by atoms with E-state index in [-0.39, 0.29) is 5.91 Å². The van der Waals surface area contributed by atoms with Crippen molar-refractivity contribution in [2.24, 2.45) is 0 Å². The smallest absolute Gasteiger partial charge is 0.255 e. The highest BCUT2D eigenvalue weighted by molar-refractivity contribution is 9.11. The van der Waals surface area contributed by atoms with E-state index in [1.165, 1.54) is 0 Å². The maximum absolute atomic E-state index is 12.1. The molecule has 1 N–H and O–H groups in total. The fraction of sp³-hybridized carbons (Fsp3) is 0. The van der Waals surface area contributed by atoms with E-state index in [4.69, 9.17) is 0 Å². The highest BCUT2D eigenvalue weighted by Gasteiger charge is 2.10. The van der Waals surface area contributed by atoms with Crippen LogP contribution < -0.4 is 5.32 Å². The first-order valence-electron chi connectivity index (χ1n) is 5.09. The van der Waals surface area contributed by atoms with Gasteiger partial charge in [0.15, 0.2) is 0 Å². The molecule has 0 spiro atoms. The summed E-state index contributed by atoms with van der Waals surface area (Å²) in [5, 5.41) is 2.87. The minimum Gasteiger partial charge on any atom is -0.320 e. The number of nitrogens with one attached hydrogen (secondary N) is 1. The van der Waals surface area contributed by atoms with E-state index in [0.717, 1.165) is 19.1 Å². The molecule has 5 heteroatoms. The van der Waals surface area contributed by atoms with Crippen molar-refractivity contribution in [3.8, 4) is 0 Å². The van der Waals surface area contributed by atoms with Gasteiger partial charge >= 0.3 is 0 Å². The lowest BCUT2D eigenvalue weighted by Gasteiger charge is -2.09. The zero-order chi connectivity index (χ0) is 13.1. The van der Waals surface area contributed by atoms with E-state index < -0.39 is 0 Å². The topological polar surface area (TPSA) is 29.1 Å². The molecule has 0 fully saturated rings. The van der Waals surface area contributed by atoms with E-state index in [1.807, 2.05) is 30.3 Å². The molecule has 0 unspecified atom stereocenters. The van der Waals surface area contributed by atoms with Crippen LogP contribution in [0.4, 0.5) is 5.69 Å². The summed E-state index contributed by atoms with van der Waals surface area (Å²) in [5.74, 6) is -0.149. The molecule has 2 nitrogen and oxygen atoms in total. The van der Waals surface area contributed by atoms with Crippen LogP contribution in [0.25, 0.3) is 0 Å². The Kier molecular flexibility index (Phi) is 4.59. The van der Waals surface area contributed by atoms with E-state index in [2.05, 4.69) is 53.1 Å². The van der Waals surface area contributed by atoms with Crippen molar-refractivity contribution >= 4 is 59.4 Å². The predicted octanol–water partition coefficient (Wildman–Crippen LogP) is 5.23. The molecule has 0 heterocycles. The second kappa shape index (κ2) is 5.99. The van der Waals surface area contributed by atoms with Crippen LogP contribution in [-0.2, 0) is 0 Å². The normalized spacial score (nSPS) is 10.2. The number of hydrogen-bond donors (Lipinski definition) is 1. The van der Waals surface area contributed by atoms with Gasteiger partial charge < -0.3 is 5.32 Å². The van der Waals surface area contributed by atoms with Gasteiger partial charge in [-0.3, -0.25) is 4.79 Å². The number of para-hydroxylation sites is 1. The Balaban J connectivity index is 2.27. The van der Waals surface area contributed by atoms with Crippen molar-refractivity contribution in [2.45, 2.75) is 0 Å². The van der Waals surface area contributed by atoms with Gasteiger partial charge in [0, 0.05) is 19.0 Å². The van der Waals surface area contributed by atoms with Crippen LogP contribution in [0.2, 0.25) is 0 Å². The molecule has 2 aromatic carbocycles. The molecule has 2 aromatic rings. The van der Waals surface area contributed by atoms with Gasteiger partial charge in [-0.05, 0) is 62.2 Å². The molecule has 0 bridgehead atoms. The van der Waals surface area contributed by atoms with Gasteiger partial charge in [-0.2, -0.15) is 0 Å². The van der Waals surface area contributed by atoms with E-state index >= 15 is 0 Å². The van der Waals surface area contributed by atoms with Crippen molar-refractivity contribution < 1.29 is 4.79 Å². The molecule has 0 radical (unpaired) electrons. The third kappa shape index (κ3) is 3.22. The quantitative estimate of drug-likeness (QED) is 0.690. The number of halogens is 3. The predicted molar refractivity (Wildman–Crippen MR) is 83.9 cm³/mol. The zero-order valence-corrected chi connectivity index (χ0v) is 13.8. The molecule has 0 aliphatic carbocycles. The fourth-order valence-corrected chi connectivity index (χ4v) is 3.03. The number of carbonyl (C=O) groups is 1. The summed E-state index contributed by atoms with van der Waals surface area (Å²) in [5.41, 5.74) is 1.33. The summed E-state index contributed by atoms with van der Waals surface area (Å²) in [6.07, 6.45) is 0. The molecule has 0 aromatic heterocycles. The lowest BCUT2D eigenvalue weighted by molar-refractivity contribution is 0.102. The number of carbonyl (C=O) groups excluding carboxylic acids is 1. The fourth-order valence-electron chi connectivity index (χ4n) is 1.43. The Morgan fingerprint density at radius 2 is 1.56 bits per heavy atom. The van der Waals surface area contributed by atoms with Gasteiger partial charge in [0.25, 0.3) is 5.91 Å². The van der Waals surface area contributed by atoms with Crippen LogP contribution in [0.15, 0.2) is 55.9 Å². The van der Waals surface area contributed by atoms with Crippen LogP contribution in [0.1, 0.15) is 10.4 Å². The van der Waals surface area contributed by atoms with Gasteiger partial charge in [-0.15, -0.1) is 0 Å². The molecule has 1 amide bonds. The molecule has 0 saturated heterocycles. The highest BCUT2D eigenvalue weighted by Crippen LogP contribution is 2.31. The Hall–Kier alpha value is -0.650. The lowest BCUT2D eigenvalue weighted by Crippen LogP contribution is -2.12. The first-order valence-corrected chi connectivity index (χ1v) is 7.47. The van der Waals surface area contributed by atoms with Gasteiger partial charge in [-0.25, -0.2) is 0 Å². The molecule has 0 saturated carbocycles. The van der Waals surface area contributed by atoms with Gasteiger partial charge in [0.1, 0.15) is 0 Å². The van der Waals surface area contributed by atoms with Gasteiger partial charge in [0.05, 0.1) is 5.69 Å². The van der Waals surface area contributed by atoms with Crippen molar-refractivity contribution in [2.75, 3.05) is 5.32 Å². The Morgan fingerprint density at radius 1 is 0.944 bits per heavy atom. The maximum atomic E-state index is 12.1. The van der Waals surface area contributed by atoms with Crippen molar-refractivity contribution in [3.05, 3.63) is 61.4 Å². The Labute approximate surface area is 130 Å². The van der Waals surface area contributed by atoms with Gasteiger partial charge in [-0.1, -0.05) is 28.1 Å². The highest BCUT2D eigenvalue weighted by atomic mass is 79.9. The second-order valence-electron chi connectivity index (χ2n) is 3.56. The molecule has 0 aliphatic rings. The zero-order valence-electron chi connectivity index (χ0n) is 9.08. The van der Waals surface area contributed by atoms with Crippen LogP contribution in [0.3, 0.4) is 0 Å². The first-order chi connectivity index (χ1) is 8.58.